The van der Waals surface area contributed by atoms with E-state index < -0.39 is 0 Å². The molecule has 3 nitrogen and oxygen atoms in total. The molecule has 2 aromatic rings. The van der Waals surface area contributed by atoms with Gasteiger partial charge in [-0.1, -0.05) is 19.9 Å². The summed E-state index contributed by atoms with van der Waals surface area (Å²) in [7, 11) is 1.93. The van der Waals surface area contributed by atoms with Crippen molar-refractivity contribution in [2.75, 3.05) is 0 Å². The molecule has 0 atom stereocenters. The minimum absolute atomic E-state index is 0.584. The maximum atomic E-state index is 10.8. The van der Waals surface area contributed by atoms with Crippen molar-refractivity contribution in [3.05, 3.63) is 41.7 Å². The minimum atomic E-state index is 0.584. The lowest BCUT2D eigenvalue weighted by molar-refractivity contribution is 0.112. The molecule has 0 fully saturated rings. The van der Waals surface area contributed by atoms with E-state index in [1.54, 1.807) is 0 Å². The average molecular weight is 256 g/mol. The van der Waals surface area contributed by atoms with Gasteiger partial charge in [0.15, 0.2) is 6.29 Å². The van der Waals surface area contributed by atoms with Crippen molar-refractivity contribution < 1.29 is 4.79 Å². The maximum Gasteiger partial charge on any atom is 0.151 e. The first-order valence-corrected chi connectivity index (χ1v) is 6.77. The Kier molecular flexibility index (Phi) is 4.15. The lowest BCUT2D eigenvalue weighted by Gasteiger charge is -2.12. The Morgan fingerprint density at radius 3 is 2.53 bits per heavy atom. The van der Waals surface area contributed by atoms with Crippen molar-refractivity contribution in [2.24, 2.45) is 7.05 Å². The van der Waals surface area contributed by atoms with Gasteiger partial charge in [-0.05, 0) is 36.5 Å². The highest BCUT2D eigenvalue weighted by atomic mass is 16.1. The van der Waals surface area contributed by atoms with Gasteiger partial charge in [0.1, 0.15) is 0 Å². The summed E-state index contributed by atoms with van der Waals surface area (Å²) in [4.78, 5) is 15.3. The van der Waals surface area contributed by atoms with Crippen molar-refractivity contribution in [1.29, 1.82) is 0 Å². The molecule has 0 saturated heterocycles. The van der Waals surface area contributed by atoms with Gasteiger partial charge >= 0.3 is 0 Å². The number of nitrogens with zero attached hydrogens (tertiary/aromatic N) is 2. The van der Waals surface area contributed by atoms with E-state index in [-0.39, 0.29) is 0 Å². The molecule has 0 aromatic carbocycles. The third-order valence-corrected chi connectivity index (χ3v) is 3.67. The standard InChI is InChI=1S/C16H20N2O/c1-4-13(5-2)14-6-7-15(17-9-14)16-8-12(11-19)10-18(16)3/h6-11,13H,4-5H2,1-3H3. The molecule has 19 heavy (non-hydrogen) atoms. The van der Waals surface area contributed by atoms with Crippen LogP contribution in [-0.2, 0) is 7.05 Å². The number of aromatic nitrogens is 2. The van der Waals surface area contributed by atoms with Crippen LogP contribution in [0.25, 0.3) is 11.4 Å². The molecule has 0 spiro atoms. The Balaban J connectivity index is 2.31. The van der Waals surface area contributed by atoms with Gasteiger partial charge in [-0.3, -0.25) is 9.78 Å². The van der Waals surface area contributed by atoms with E-state index in [1.165, 1.54) is 5.56 Å². The summed E-state index contributed by atoms with van der Waals surface area (Å²) in [5.41, 5.74) is 3.85. The van der Waals surface area contributed by atoms with E-state index in [1.807, 2.05) is 36.1 Å². The molecule has 100 valence electrons. The fourth-order valence-corrected chi connectivity index (χ4v) is 2.47. The SMILES string of the molecule is CCC(CC)c1ccc(-c2cc(C=O)cn2C)nc1. The maximum absolute atomic E-state index is 10.8. The van der Waals surface area contributed by atoms with Crippen LogP contribution in [0.5, 0.6) is 0 Å². The van der Waals surface area contributed by atoms with Crippen LogP contribution in [0.4, 0.5) is 0 Å². The lowest BCUT2D eigenvalue weighted by Crippen LogP contribution is -1.98. The quantitative estimate of drug-likeness (QED) is 0.763. The van der Waals surface area contributed by atoms with Crippen LogP contribution in [0.1, 0.15) is 48.5 Å². The summed E-state index contributed by atoms with van der Waals surface area (Å²) in [5, 5.41) is 0. The van der Waals surface area contributed by atoms with Gasteiger partial charge in [-0.15, -0.1) is 0 Å². The van der Waals surface area contributed by atoms with Crippen LogP contribution in [0.3, 0.4) is 0 Å². The van der Waals surface area contributed by atoms with Gasteiger partial charge in [0.05, 0.1) is 11.4 Å². The summed E-state index contributed by atoms with van der Waals surface area (Å²) in [6, 6.07) is 6.05. The zero-order chi connectivity index (χ0) is 13.8. The van der Waals surface area contributed by atoms with E-state index >= 15 is 0 Å². The number of hydrogen-bond donors (Lipinski definition) is 0. The fraction of sp³-hybridized carbons (Fsp3) is 0.375. The molecule has 0 amide bonds. The Labute approximate surface area is 114 Å². The fourth-order valence-electron chi connectivity index (χ4n) is 2.47. The summed E-state index contributed by atoms with van der Waals surface area (Å²) >= 11 is 0. The summed E-state index contributed by atoms with van der Waals surface area (Å²) in [6.45, 7) is 4.41. The zero-order valence-corrected chi connectivity index (χ0v) is 11.8. The third kappa shape index (κ3) is 2.75. The highest BCUT2D eigenvalue weighted by molar-refractivity contribution is 5.77. The molecule has 0 radical (unpaired) electrons. The molecular formula is C16H20N2O. The molecule has 0 aliphatic carbocycles. The van der Waals surface area contributed by atoms with Crippen molar-refractivity contribution in [3.63, 3.8) is 0 Å². The number of aryl methyl sites for hydroxylation is 1. The highest BCUT2D eigenvalue weighted by Gasteiger charge is 2.10. The monoisotopic (exact) mass is 256 g/mol. The first kappa shape index (κ1) is 13.5. The number of rotatable bonds is 5. The number of pyridine rings is 1. The van der Waals surface area contributed by atoms with Gasteiger partial charge < -0.3 is 4.57 Å². The second-order valence-corrected chi connectivity index (χ2v) is 4.88. The molecule has 0 saturated carbocycles. The Morgan fingerprint density at radius 1 is 1.32 bits per heavy atom. The molecule has 2 heterocycles. The molecule has 0 unspecified atom stereocenters. The minimum Gasteiger partial charge on any atom is -0.349 e. The first-order chi connectivity index (χ1) is 9.19. The molecule has 0 bridgehead atoms. The van der Waals surface area contributed by atoms with Crippen molar-refractivity contribution in [1.82, 2.24) is 9.55 Å². The van der Waals surface area contributed by atoms with Gasteiger partial charge in [0, 0.05) is 25.0 Å². The Bertz CT molecular complexity index is 551. The van der Waals surface area contributed by atoms with Crippen molar-refractivity contribution in [2.45, 2.75) is 32.6 Å². The highest BCUT2D eigenvalue weighted by Crippen LogP contribution is 2.25. The predicted octanol–water partition coefficient (Wildman–Crippen LogP) is 3.80. The number of carbonyl (C=O) groups excluding carboxylic acids is 1. The van der Waals surface area contributed by atoms with Gasteiger partial charge in [0.25, 0.3) is 0 Å². The van der Waals surface area contributed by atoms with Crippen LogP contribution in [-0.4, -0.2) is 15.8 Å². The summed E-state index contributed by atoms with van der Waals surface area (Å²) in [6.07, 6.45) is 6.91. The van der Waals surface area contributed by atoms with Crippen molar-refractivity contribution in [3.8, 4) is 11.4 Å². The Morgan fingerprint density at radius 2 is 2.05 bits per heavy atom. The molecule has 0 aliphatic heterocycles. The van der Waals surface area contributed by atoms with Crippen LogP contribution in [0.15, 0.2) is 30.6 Å². The largest absolute Gasteiger partial charge is 0.349 e. The van der Waals surface area contributed by atoms with Crippen LogP contribution < -0.4 is 0 Å². The molecule has 0 N–H and O–H groups in total. The molecule has 2 aromatic heterocycles. The van der Waals surface area contributed by atoms with Crippen LogP contribution in [0, 0.1) is 0 Å². The van der Waals surface area contributed by atoms with E-state index in [4.69, 9.17) is 0 Å². The molecule has 3 heteroatoms. The first-order valence-electron chi connectivity index (χ1n) is 6.77. The second kappa shape index (κ2) is 5.83. The van der Waals surface area contributed by atoms with Crippen molar-refractivity contribution >= 4 is 6.29 Å². The third-order valence-electron chi connectivity index (χ3n) is 3.67. The second-order valence-electron chi connectivity index (χ2n) is 4.88. The smallest absolute Gasteiger partial charge is 0.151 e. The Hall–Kier alpha value is -1.90. The van der Waals surface area contributed by atoms with Crippen LogP contribution >= 0.6 is 0 Å². The summed E-state index contributed by atoms with van der Waals surface area (Å²) < 4.78 is 1.93. The number of hydrogen-bond acceptors (Lipinski definition) is 2. The predicted molar refractivity (Wildman–Crippen MR) is 77.4 cm³/mol. The van der Waals surface area contributed by atoms with Gasteiger partial charge in [0.2, 0.25) is 0 Å². The number of carbonyl (C=O) groups is 1. The molecule has 0 aliphatic rings. The van der Waals surface area contributed by atoms with Gasteiger partial charge in [-0.25, -0.2) is 0 Å². The normalized spacial score (nSPS) is 10.9. The van der Waals surface area contributed by atoms with E-state index in [2.05, 4.69) is 24.9 Å². The number of aldehydes is 1. The molecular weight excluding hydrogens is 236 g/mol. The van der Waals surface area contributed by atoms with E-state index in [0.29, 0.717) is 11.5 Å². The average Bonchev–Trinajstić information content (AvgIpc) is 2.82. The zero-order valence-electron chi connectivity index (χ0n) is 11.8. The lowest BCUT2D eigenvalue weighted by atomic mass is 9.95. The van der Waals surface area contributed by atoms with E-state index in [0.717, 1.165) is 30.5 Å². The molecule has 2 rings (SSSR count). The topological polar surface area (TPSA) is 34.9 Å². The summed E-state index contributed by atoms with van der Waals surface area (Å²) in [5.74, 6) is 0.584. The van der Waals surface area contributed by atoms with Gasteiger partial charge in [-0.2, -0.15) is 0 Å². The van der Waals surface area contributed by atoms with Crippen LogP contribution in [0.2, 0.25) is 0 Å². The van der Waals surface area contributed by atoms with E-state index in [9.17, 15) is 4.79 Å².